The first kappa shape index (κ1) is 29.7. The van der Waals surface area contributed by atoms with Gasteiger partial charge in [0.05, 0.1) is 46.7 Å². The Bertz CT molecular complexity index is 1850. The minimum atomic E-state index is -1.34. The number of methoxy groups -OCH3 is 1. The molecule has 230 valence electrons. The number of halogens is 3. The van der Waals surface area contributed by atoms with Crippen LogP contribution in [0.1, 0.15) is 31.2 Å². The lowest BCUT2D eigenvalue weighted by molar-refractivity contribution is -0.131. The van der Waals surface area contributed by atoms with Crippen LogP contribution in [0.5, 0.6) is 11.5 Å². The lowest BCUT2D eigenvalue weighted by Crippen LogP contribution is -2.49. The number of nitrogens with zero attached hydrogens (tertiary/aromatic N) is 2. The van der Waals surface area contributed by atoms with E-state index in [0.29, 0.717) is 17.0 Å². The second-order valence-corrected chi connectivity index (χ2v) is 13.5. The van der Waals surface area contributed by atoms with Gasteiger partial charge in [0.15, 0.2) is 0 Å². The first-order valence-corrected chi connectivity index (χ1v) is 15.7. The molecule has 3 aromatic carbocycles. The molecule has 0 aromatic heterocycles. The molecule has 6 unspecified atom stereocenters. The molecule has 4 amide bonds. The molecule has 0 bridgehead atoms. The number of rotatable bonds is 4. The van der Waals surface area contributed by atoms with Gasteiger partial charge in [-0.15, -0.1) is 0 Å². The lowest BCUT2D eigenvalue weighted by atomic mass is 9.51. The van der Waals surface area contributed by atoms with Gasteiger partial charge >= 0.3 is 0 Å². The second kappa shape index (κ2) is 10.5. The van der Waals surface area contributed by atoms with Gasteiger partial charge in [-0.25, -0.2) is 9.29 Å². The van der Waals surface area contributed by atoms with Crippen molar-refractivity contribution in [2.75, 3.05) is 16.9 Å². The van der Waals surface area contributed by atoms with Gasteiger partial charge in [0, 0.05) is 22.0 Å². The van der Waals surface area contributed by atoms with Gasteiger partial charge in [-0.2, -0.15) is 0 Å². The van der Waals surface area contributed by atoms with E-state index in [4.69, 9.17) is 16.3 Å². The zero-order valence-corrected chi connectivity index (χ0v) is 26.5. The average molecular weight is 694 g/mol. The summed E-state index contributed by atoms with van der Waals surface area (Å²) < 4.78 is 20.6. The van der Waals surface area contributed by atoms with E-state index in [1.165, 1.54) is 36.3 Å². The number of amides is 4. The van der Waals surface area contributed by atoms with Gasteiger partial charge in [-0.1, -0.05) is 45.2 Å². The van der Waals surface area contributed by atoms with E-state index in [9.17, 15) is 28.7 Å². The van der Waals surface area contributed by atoms with E-state index >= 15 is 0 Å². The Labute approximate surface area is 271 Å². The number of allylic oxidation sites excluding steroid dienone is 2. The predicted octanol–water partition coefficient (Wildman–Crippen LogP) is 6.39. The number of anilines is 2. The van der Waals surface area contributed by atoms with Gasteiger partial charge < -0.3 is 9.84 Å². The highest BCUT2D eigenvalue weighted by atomic mass is 79.9. The fourth-order valence-electron chi connectivity index (χ4n) is 8.01. The summed E-state index contributed by atoms with van der Waals surface area (Å²) in [5.41, 5.74) is 0.616. The van der Waals surface area contributed by atoms with Crippen LogP contribution in [0.2, 0.25) is 5.02 Å². The van der Waals surface area contributed by atoms with Gasteiger partial charge in [0.2, 0.25) is 23.6 Å². The topological polar surface area (TPSA) is 104 Å². The van der Waals surface area contributed by atoms with E-state index in [0.717, 1.165) is 21.0 Å². The van der Waals surface area contributed by atoms with Crippen molar-refractivity contribution in [3.05, 3.63) is 93.2 Å². The van der Waals surface area contributed by atoms with Crippen LogP contribution in [-0.2, 0) is 19.2 Å². The van der Waals surface area contributed by atoms with E-state index in [1.54, 1.807) is 37.3 Å². The third kappa shape index (κ3) is 4.21. The fraction of sp³-hybridized carbons (Fsp3) is 0.294. The molecule has 7 rings (SSSR count). The minimum Gasteiger partial charge on any atom is -0.508 e. The summed E-state index contributed by atoms with van der Waals surface area (Å²) in [5, 5.41) is 10.0. The second-order valence-electron chi connectivity index (χ2n) is 12.2. The number of phenolic OH excluding ortho intramolecular Hbond substituents is 1. The van der Waals surface area contributed by atoms with E-state index < -0.39 is 52.6 Å². The van der Waals surface area contributed by atoms with Gasteiger partial charge in [-0.3, -0.25) is 24.1 Å². The van der Waals surface area contributed by atoms with Crippen molar-refractivity contribution in [1.82, 2.24) is 0 Å². The zero-order chi connectivity index (χ0) is 31.9. The molecular formula is C34H27BrClFN2O6. The Morgan fingerprint density at radius 1 is 0.933 bits per heavy atom. The largest absolute Gasteiger partial charge is 0.508 e. The van der Waals surface area contributed by atoms with Crippen LogP contribution in [0.25, 0.3) is 0 Å². The van der Waals surface area contributed by atoms with Crippen molar-refractivity contribution in [3.63, 3.8) is 0 Å². The lowest BCUT2D eigenvalue weighted by Gasteiger charge is -2.49. The minimum absolute atomic E-state index is 0.0412. The first-order chi connectivity index (χ1) is 21.5. The molecule has 4 aliphatic rings. The third-order valence-corrected chi connectivity index (χ3v) is 10.9. The highest BCUT2D eigenvalue weighted by molar-refractivity contribution is 9.10. The zero-order valence-electron chi connectivity index (χ0n) is 24.2. The molecule has 3 fully saturated rings. The monoisotopic (exact) mass is 692 g/mol. The summed E-state index contributed by atoms with van der Waals surface area (Å²) >= 11 is 9.46. The van der Waals surface area contributed by atoms with Crippen LogP contribution < -0.4 is 14.5 Å². The van der Waals surface area contributed by atoms with Crippen molar-refractivity contribution >= 4 is 62.5 Å². The van der Waals surface area contributed by atoms with Crippen molar-refractivity contribution in [2.24, 2.45) is 29.1 Å². The van der Waals surface area contributed by atoms with Crippen LogP contribution in [0.4, 0.5) is 15.8 Å². The predicted molar refractivity (Wildman–Crippen MR) is 167 cm³/mol. The molecule has 45 heavy (non-hydrogen) atoms. The van der Waals surface area contributed by atoms with Crippen LogP contribution >= 0.6 is 27.5 Å². The highest BCUT2D eigenvalue weighted by Crippen LogP contribution is 2.64. The summed E-state index contributed by atoms with van der Waals surface area (Å²) in [6.45, 7) is 1.74. The first-order valence-electron chi connectivity index (χ1n) is 14.5. The van der Waals surface area contributed by atoms with E-state index in [2.05, 4.69) is 15.9 Å². The number of phenols is 1. The molecule has 1 N–H and O–H groups in total. The summed E-state index contributed by atoms with van der Waals surface area (Å²) in [5.74, 6) is -5.56. The fourth-order valence-corrected chi connectivity index (χ4v) is 8.45. The smallest absolute Gasteiger partial charge is 0.241 e. The normalized spacial score (nSPS) is 29.0. The molecule has 1 saturated carbocycles. The number of benzene rings is 3. The summed E-state index contributed by atoms with van der Waals surface area (Å²) in [7, 11) is 1.45. The maximum absolute atomic E-state index is 14.5. The molecule has 2 aliphatic carbocycles. The Kier molecular flexibility index (Phi) is 6.94. The quantitative estimate of drug-likeness (QED) is 0.251. The van der Waals surface area contributed by atoms with Crippen LogP contribution in [0, 0.1) is 34.9 Å². The summed E-state index contributed by atoms with van der Waals surface area (Å²) in [6.07, 6.45) is 2.38. The molecule has 2 heterocycles. The number of imide groups is 2. The Hall–Kier alpha value is -4.02. The Balaban J connectivity index is 1.38. The van der Waals surface area contributed by atoms with Crippen molar-refractivity contribution in [1.29, 1.82) is 0 Å². The Morgan fingerprint density at radius 2 is 1.64 bits per heavy atom. The maximum atomic E-state index is 14.5. The number of hydrogen-bond donors (Lipinski definition) is 1. The number of carbonyl (C=O) groups excluding carboxylic acids is 4. The maximum Gasteiger partial charge on any atom is 0.241 e. The standard InChI is InChI=1S/C34H27BrClFN2O6/c1-34-24(31(42)39(33(34)44)18-7-12-26(37)25(36)13-18)15-23-20(29(34)21-9-8-19(40)14-27(21)45-2)10-11-22-28(23)32(43)38(30(22)41)17-5-3-16(35)4-6-17/h3-10,12-14,22-24,28-29,40H,11,15H2,1-2H3. The number of carbonyl (C=O) groups is 4. The molecule has 11 heteroatoms. The number of aromatic hydroxyl groups is 1. The van der Waals surface area contributed by atoms with Gasteiger partial charge in [-0.05, 0) is 74.2 Å². The number of fused-ring (bicyclic) bond motifs is 4. The van der Waals surface area contributed by atoms with Crippen molar-refractivity contribution in [2.45, 2.75) is 25.7 Å². The van der Waals surface area contributed by atoms with Crippen LogP contribution in [-0.4, -0.2) is 35.8 Å². The molecule has 8 nitrogen and oxygen atoms in total. The molecule has 2 aliphatic heterocycles. The van der Waals surface area contributed by atoms with E-state index in [-0.39, 0.29) is 41.1 Å². The van der Waals surface area contributed by atoms with Gasteiger partial charge in [0.1, 0.15) is 17.3 Å². The summed E-state index contributed by atoms with van der Waals surface area (Å²) in [6, 6.07) is 15.2. The molecule has 3 aromatic rings. The van der Waals surface area contributed by atoms with E-state index in [1.807, 2.05) is 6.08 Å². The van der Waals surface area contributed by atoms with Crippen LogP contribution in [0.15, 0.2) is 76.8 Å². The van der Waals surface area contributed by atoms with Crippen LogP contribution in [0.3, 0.4) is 0 Å². The Morgan fingerprint density at radius 3 is 2.33 bits per heavy atom. The molecule has 0 spiro atoms. The molecule has 2 saturated heterocycles. The number of ether oxygens (including phenoxy) is 1. The van der Waals surface area contributed by atoms with Crippen molar-refractivity contribution < 1.29 is 33.4 Å². The molecular weight excluding hydrogens is 667 g/mol. The van der Waals surface area contributed by atoms with Gasteiger partial charge in [0.25, 0.3) is 0 Å². The molecule has 6 atom stereocenters. The SMILES string of the molecule is COc1cc(O)ccc1C1C2=CCC3C(=O)N(c4ccc(Br)cc4)C(=O)C3C2CC2C(=O)N(c3ccc(F)c(Cl)c3)C(=O)C21C. The molecule has 0 radical (unpaired) electrons. The highest BCUT2D eigenvalue weighted by Gasteiger charge is 2.68. The third-order valence-electron chi connectivity index (χ3n) is 10.0. The summed E-state index contributed by atoms with van der Waals surface area (Å²) in [4.78, 5) is 59.0. The average Bonchev–Trinajstić information content (AvgIpc) is 3.39. The number of hydrogen-bond acceptors (Lipinski definition) is 6. The van der Waals surface area contributed by atoms with Crippen molar-refractivity contribution in [3.8, 4) is 11.5 Å².